The van der Waals surface area contributed by atoms with Crippen LogP contribution in [0.5, 0.6) is 5.75 Å². The summed E-state index contributed by atoms with van der Waals surface area (Å²) in [5.41, 5.74) is 2.15. The van der Waals surface area contributed by atoms with Crippen molar-refractivity contribution in [2.24, 2.45) is 5.92 Å². The molecule has 4 bridgehead atoms. The van der Waals surface area contributed by atoms with Gasteiger partial charge in [-0.25, -0.2) is 0 Å². The molecule has 1 spiro atoms. The molecule has 25 heavy (non-hydrogen) atoms. The van der Waals surface area contributed by atoms with Crippen molar-refractivity contribution in [2.75, 3.05) is 19.7 Å². The van der Waals surface area contributed by atoms with Crippen LogP contribution in [0.4, 0.5) is 0 Å². The highest BCUT2D eigenvalue weighted by Crippen LogP contribution is 2.69. The fourth-order valence-corrected chi connectivity index (χ4v) is 6.87. The van der Waals surface area contributed by atoms with Gasteiger partial charge in [0.1, 0.15) is 5.75 Å². The van der Waals surface area contributed by atoms with E-state index in [0.717, 1.165) is 44.6 Å². The summed E-state index contributed by atoms with van der Waals surface area (Å²) in [7, 11) is 0. The van der Waals surface area contributed by atoms with E-state index in [1.807, 2.05) is 12.1 Å². The largest absolute Gasteiger partial charge is 0.508 e. The maximum Gasteiger partial charge on any atom is 0.115 e. The highest BCUT2D eigenvalue weighted by molar-refractivity contribution is 5.50. The molecule has 3 heterocycles. The van der Waals surface area contributed by atoms with Crippen molar-refractivity contribution in [3.05, 3.63) is 29.3 Å². The Morgan fingerprint density at radius 3 is 2.88 bits per heavy atom. The summed E-state index contributed by atoms with van der Waals surface area (Å²) in [4.78, 5) is 2.71. The Balaban J connectivity index is 1.53. The van der Waals surface area contributed by atoms with Gasteiger partial charge in [-0.2, -0.15) is 0 Å². The smallest absolute Gasteiger partial charge is 0.115 e. The van der Waals surface area contributed by atoms with Crippen LogP contribution in [0, 0.1) is 5.92 Å². The zero-order chi connectivity index (χ0) is 16.9. The van der Waals surface area contributed by atoms with Crippen molar-refractivity contribution in [1.82, 2.24) is 4.90 Å². The summed E-state index contributed by atoms with van der Waals surface area (Å²) in [5, 5.41) is 20.3. The van der Waals surface area contributed by atoms with E-state index in [9.17, 15) is 10.2 Å². The van der Waals surface area contributed by atoms with Crippen molar-refractivity contribution in [3.8, 4) is 5.75 Å². The number of phenolic OH excluding ortho intramolecular Hbond substituents is 1. The molecular formula is C21H27NO3. The Kier molecular flexibility index (Phi) is 2.76. The molecule has 0 unspecified atom stereocenters. The van der Waals surface area contributed by atoms with Crippen molar-refractivity contribution in [3.63, 3.8) is 0 Å². The average molecular weight is 341 g/mol. The minimum atomic E-state index is -0.360. The number of piperidine rings is 1. The van der Waals surface area contributed by atoms with Gasteiger partial charge in [0.2, 0.25) is 0 Å². The first-order valence-electron chi connectivity index (χ1n) is 9.97. The lowest BCUT2D eigenvalue weighted by Crippen LogP contribution is -2.69. The fraction of sp³-hybridized carbons (Fsp3) is 0.714. The van der Waals surface area contributed by atoms with Crippen LogP contribution in [-0.2, 0) is 16.6 Å². The van der Waals surface area contributed by atoms with Gasteiger partial charge in [0.05, 0.1) is 17.8 Å². The van der Waals surface area contributed by atoms with Crippen molar-refractivity contribution < 1.29 is 14.9 Å². The standard InChI is InChI=1S/C21H27NO3/c23-13-19-5-6-21(25-19)18-9-15-3-4-16(24)10-17(15)20(21,12-19)7-8-22(18)11-14-1-2-14/h3-4,10,14,18,23-24H,1-2,5-9,11-13H2/t18-,19-,20-,21-/m1/s1. The Hall–Kier alpha value is -1.10. The van der Waals surface area contributed by atoms with Gasteiger partial charge in [-0.05, 0) is 80.7 Å². The molecule has 1 aromatic carbocycles. The molecule has 4 heteroatoms. The second-order valence-corrected chi connectivity index (χ2v) is 9.34. The normalized spacial score (nSPS) is 44.6. The minimum Gasteiger partial charge on any atom is -0.508 e. The highest BCUT2D eigenvalue weighted by Gasteiger charge is 2.75. The van der Waals surface area contributed by atoms with Crippen molar-refractivity contribution in [1.29, 1.82) is 0 Å². The van der Waals surface area contributed by atoms with Crippen LogP contribution in [0.2, 0.25) is 0 Å². The lowest BCUT2D eigenvalue weighted by atomic mass is 9.50. The Morgan fingerprint density at radius 1 is 1.20 bits per heavy atom. The first kappa shape index (κ1) is 15.0. The number of phenols is 1. The lowest BCUT2D eigenvalue weighted by Gasteiger charge is -2.60. The van der Waals surface area contributed by atoms with E-state index in [-0.39, 0.29) is 23.2 Å². The summed E-state index contributed by atoms with van der Waals surface area (Å²) in [6, 6.07) is 6.39. The Bertz CT molecular complexity index is 747. The molecule has 0 radical (unpaired) electrons. The predicted molar refractivity (Wildman–Crippen MR) is 93.7 cm³/mol. The number of likely N-dealkylation sites (tertiary alicyclic amines) is 1. The van der Waals surface area contributed by atoms with Gasteiger partial charge in [-0.1, -0.05) is 6.07 Å². The molecule has 4 fully saturated rings. The zero-order valence-electron chi connectivity index (χ0n) is 14.7. The number of ether oxygens (including phenoxy) is 1. The summed E-state index contributed by atoms with van der Waals surface area (Å²) >= 11 is 0. The molecule has 4 nitrogen and oxygen atoms in total. The highest BCUT2D eigenvalue weighted by atomic mass is 16.6. The van der Waals surface area contributed by atoms with Crippen LogP contribution in [-0.4, -0.2) is 52.1 Å². The third kappa shape index (κ3) is 1.74. The molecule has 2 N–H and O–H groups in total. The zero-order valence-corrected chi connectivity index (χ0v) is 14.7. The second kappa shape index (κ2) is 4.59. The number of aliphatic hydroxyl groups excluding tert-OH is 1. The number of aromatic hydroxyl groups is 1. The molecule has 2 aliphatic carbocycles. The van der Waals surface area contributed by atoms with Gasteiger partial charge in [-0.3, -0.25) is 4.90 Å². The number of hydrogen-bond acceptors (Lipinski definition) is 4. The van der Waals surface area contributed by atoms with Crippen LogP contribution in [0.1, 0.15) is 49.7 Å². The molecule has 5 aliphatic rings. The average Bonchev–Trinajstić information content (AvgIpc) is 3.27. The number of rotatable bonds is 3. The molecule has 3 aliphatic heterocycles. The number of hydrogen-bond donors (Lipinski definition) is 2. The number of nitrogens with zero attached hydrogens (tertiary/aromatic N) is 1. The summed E-state index contributed by atoms with van der Waals surface area (Å²) in [6.07, 6.45) is 7.82. The Morgan fingerprint density at radius 2 is 2.08 bits per heavy atom. The summed E-state index contributed by atoms with van der Waals surface area (Å²) in [5.74, 6) is 1.25. The first-order chi connectivity index (χ1) is 12.1. The second-order valence-electron chi connectivity index (χ2n) is 9.34. The molecule has 6 rings (SSSR count). The lowest BCUT2D eigenvalue weighted by molar-refractivity contribution is -0.146. The third-order valence-electron chi connectivity index (χ3n) is 8.09. The minimum absolute atomic E-state index is 0.0228. The molecule has 4 atom stereocenters. The molecule has 0 aromatic heterocycles. The quantitative estimate of drug-likeness (QED) is 0.886. The maximum absolute atomic E-state index is 10.2. The number of fused-ring (bicyclic) bond motifs is 2. The molecular weight excluding hydrogens is 314 g/mol. The van der Waals surface area contributed by atoms with Gasteiger partial charge in [-0.15, -0.1) is 0 Å². The van der Waals surface area contributed by atoms with Crippen molar-refractivity contribution >= 4 is 0 Å². The van der Waals surface area contributed by atoms with Crippen LogP contribution >= 0.6 is 0 Å². The fourth-order valence-electron chi connectivity index (χ4n) is 6.87. The van der Waals surface area contributed by atoms with E-state index >= 15 is 0 Å². The maximum atomic E-state index is 10.2. The Labute approximate surface area is 148 Å². The van der Waals surface area contributed by atoms with Gasteiger partial charge in [0.15, 0.2) is 0 Å². The van der Waals surface area contributed by atoms with Crippen LogP contribution < -0.4 is 0 Å². The number of aliphatic hydroxyl groups is 1. The predicted octanol–water partition coefficient (Wildman–Crippen LogP) is 2.35. The molecule has 0 amide bonds. The topological polar surface area (TPSA) is 52.9 Å². The van der Waals surface area contributed by atoms with E-state index in [2.05, 4.69) is 11.0 Å². The number of benzene rings is 1. The summed E-state index contributed by atoms with van der Waals surface area (Å²) < 4.78 is 6.81. The summed E-state index contributed by atoms with van der Waals surface area (Å²) in [6.45, 7) is 2.47. The van der Waals surface area contributed by atoms with E-state index in [0.29, 0.717) is 11.8 Å². The van der Waals surface area contributed by atoms with Crippen molar-refractivity contribution in [2.45, 2.75) is 67.6 Å². The SMILES string of the molecule is OC[C@]12CC[C@@]3(O1)[C@H]1Cc4ccc(O)cc4[C@@]3(CCN1CC1CC1)C2. The van der Waals surface area contributed by atoms with E-state index in [1.54, 1.807) is 0 Å². The van der Waals surface area contributed by atoms with E-state index in [1.165, 1.54) is 30.5 Å². The molecule has 3 saturated heterocycles. The van der Waals surface area contributed by atoms with Gasteiger partial charge in [0, 0.05) is 18.0 Å². The molecule has 1 aromatic rings. The van der Waals surface area contributed by atoms with Crippen LogP contribution in [0.25, 0.3) is 0 Å². The van der Waals surface area contributed by atoms with Gasteiger partial charge >= 0.3 is 0 Å². The third-order valence-corrected chi connectivity index (χ3v) is 8.09. The van der Waals surface area contributed by atoms with Crippen LogP contribution in [0.3, 0.4) is 0 Å². The molecule has 134 valence electrons. The molecule has 1 saturated carbocycles. The van der Waals surface area contributed by atoms with Gasteiger partial charge < -0.3 is 14.9 Å². The van der Waals surface area contributed by atoms with E-state index < -0.39 is 0 Å². The monoisotopic (exact) mass is 341 g/mol. The first-order valence-corrected chi connectivity index (χ1v) is 9.97. The van der Waals surface area contributed by atoms with E-state index in [4.69, 9.17) is 4.74 Å². The van der Waals surface area contributed by atoms with Gasteiger partial charge in [0.25, 0.3) is 0 Å². The van der Waals surface area contributed by atoms with Crippen LogP contribution in [0.15, 0.2) is 18.2 Å².